The number of benzene rings is 2. The van der Waals surface area contributed by atoms with E-state index in [1.807, 2.05) is 19.1 Å². The number of hydrogen-bond donors (Lipinski definition) is 3. The van der Waals surface area contributed by atoms with E-state index in [1.165, 1.54) is 13.3 Å². The van der Waals surface area contributed by atoms with Gasteiger partial charge in [-0.1, -0.05) is 23.7 Å². The molecule has 3 N–H and O–H groups in total. The van der Waals surface area contributed by atoms with Gasteiger partial charge in [0.05, 0.1) is 0 Å². The zero-order valence-electron chi connectivity index (χ0n) is 15.3. The van der Waals surface area contributed by atoms with Crippen molar-refractivity contribution in [3.8, 4) is 0 Å². The average molecular weight is 396 g/mol. The minimum atomic E-state index is -0.396. The predicted molar refractivity (Wildman–Crippen MR) is 110 cm³/mol. The molecule has 7 nitrogen and oxygen atoms in total. The molecule has 0 radical (unpaired) electrons. The van der Waals surface area contributed by atoms with Crippen molar-refractivity contribution in [2.24, 2.45) is 0 Å². The molecule has 2 amide bonds. The van der Waals surface area contributed by atoms with Gasteiger partial charge < -0.3 is 16.0 Å². The highest BCUT2D eigenvalue weighted by atomic mass is 35.5. The molecular formula is C20H18ClN5O2. The van der Waals surface area contributed by atoms with Crippen LogP contribution in [0.15, 0.2) is 54.9 Å². The Morgan fingerprint density at radius 2 is 1.68 bits per heavy atom. The quantitative estimate of drug-likeness (QED) is 0.595. The number of amides is 2. The molecule has 0 spiro atoms. The van der Waals surface area contributed by atoms with Crippen LogP contribution in [0, 0.1) is 6.92 Å². The van der Waals surface area contributed by atoms with Crippen LogP contribution in [0.2, 0.25) is 5.02 Å². The number of rotatable bonds is 5. The summed E-state index contributed by atoms with van der Waals surface area (Å²) in [7, 11) is 0. The van der Waals surface area contributed by atoms with Gasteiger partial charge in [0.2, 0.25) is 5.91 Å². The van der Waals surface area contributed by atoms with Crippen molar-refractivity contribution in [2.45, 2.75) is 13.8 Å². The smallest absolute Gasteiger partial charge is 0.274 e. The van der Waals surface area contributed by atoms with Crippen LogP contribution in [0.3, 0.4) is 0 Å². The number of carbonyl (C=O) groups is 2. The molecule has 0 aliphatic carbocycles. The Balaban J connectivity index is 1.73. The van der Waals surface area contributed by atoms with Gasteiger partial charge in [-0.15, -0.1) is 0 Å². The van der Waals surface area contributed by atoms with Gasteiger partial charge in [-0.25, -0.2) is 9.97 Å². The zero-order valence-corrected chi connectivity index (χ0v) is 16.0. The first-order valence-corrected chi connectivity index (χ1v) is 8.83. The molecule has 0 atom stereocenters. The summed E-state index contributed by atoms with van der Waals surface area (Å²) in [6, 6.07) is 13.9. The van der Waals surface area contributed by atoms with Gasteiger partial charge in [-0.05, 0) is 42.8 Å². The Hall–Kier alpha value is -3.45. The summed E-state index contributed by atoms with van der Waals surface area (Å²) < 4.78 is 0. The second-order valence-electron chi connectivity index (χ2n) is 6.09. The van der Waals surface area contributed by atoms with Crippen molar-refractivity contribution < 1.29 is 9.59 Å². The van der Waals surface area contributed by atoms with Crippen LogP contribution in [0.4, 0.5) is 22.9 Å². The topological polar surface area (TPSA) is 96.0 Å². The molecule has 1 heterocycles. The fourth-order valence-electron chi connectivity index (χ4n) is 2.44. The lowest BCUT2D eigenvalue weighted by atomic mass is 10.2. The summed E-state index contributed by atoms with van der Waals surface area (Å²) >= 11 is 6.13. The van der Waals surface area contributed by atoms with Crippen LogP contribution in [0.1, 0.15) is 23.0 Å². The van der Waals surface area contributed by atoms with Crippen LogP contribution in [0.25, 0.3) is 0 Å². The first-order valence-electron chi connectivity index (χ1n) is 8.45. The number of carbonyl (C=O) groups excluding carboxylic acids is 2. The number of nitrogens with zero attached hydrogens (tertiary/aromatic N) is 2. The molecule has 28 heavy (non-hydrogen) atoms. The number of aryl methyl sites for hydroxylation is 1. The molecule has 3 rings (SSSR count). The van der Waals surface area contributed by atoms with E-state index in [-0.39, 0.29) is 11.6 Å². The van der Waals surface area contributed by atoms with E-state index < -0.39 is 5.91 Å². The van der Waals surface area contributed by atoms with Crippen molar-refractivity contribution in [1.82, 2.24) is 9.97 Å². The van der Waals surface area contributed by atoms with Gasteiger partial charge in [-0.3, -0.25) is 9.59 Å². The largest absolute Gasteiger partial charge is 0.340 e. The predicted octanol–water partition coefficient (Wildman–Crippen LogP) is 4.39. The summed E-state index contributed by atoms with van der Waals surface area (Å²) in [5.41, 5.74) is 3.04. The third kappa shape index (κ3) is 5.05. The molecule has 142 valence electrons. The van der Waals surface area contributed by atoms with E-state index in [0.29, 0.717) is 22.2 Å². The summed E-state index contributed by atoms with van der Waals surface area (Å²) in [6.07, 6.45) is 1.31. The lowest BCUT2D eigenvalue weighted by Gasteiger charge is -2.09. The summed E-state index contributed by atoms with van der Waals surface area (Å²) in [6.45, 7) is 3.34. The Morgan fingerprint density at radius 1 is 0.929 bits per heavy atom. The van der Waals surface area contributed by atoms with Gasteiger partial charge in [-0.2, -0.15) is 0 Å². The minimum absolute atomic E-state index is 0.189. The Bertz CT molecular complexity index is 1040. The molecule has 1 aromatic heterocycles. The highest BCUT2D eigenvalue weighted by molar-refractivity contribution is 6.31. The van der Waals surface area contributed by atoms with Crippen LogP contribution >= 0.6 is 11.6 Å². The third-order valence-electron chi connectivity index (χ3n) is 3.78. The molecule has 2 aromatic carbocycles. The van der Waals surface area contributed by atoms with Gasteiger partial charge in [0.15, 0.2) is 0 Å². The first-order chi connectivity index (χ1) is 13.4. The summed E-state index contributed by atoms with van der Waals surface area (Å²) in [4.78, 5) is 31.8. The number of hydrogen-bond acceptors (Lipinski definition) is 5. The van der Waals surface area contributed by atoms with Crippen molar-refractivity contribution in [3.63, 3.8) is 0 Å². The second-order valence-corrected chi connectivity index (χ2v) is 6.50. The zero-order chi connectivity index (χ0) is 20.1. The summed E-state index contributed by atoms with van der Waals surface area (Å²) in [5, 5.41) is 9.15. The molecule has 0 bridgehead atoms. The van der Waals surface area contributed by atoms with E-state index >= 15 is 0 Å². The van der Waals surface area contributed by atoms with E-state index in [4.69, 9.17) is 11.6 Å². The molecule has 3 aromatic rings. The Kier molecular flexibility index (Phi) is 5.86. The maximum absolute atomic E-state index is 12.5. The van der Waals surface area contributed by atoms with Gasteiger partial charge in [0.25, 0.3) is 5.91 Å². The normalized spacial score (nSPS) is 10.2. The number of halogens is 1. The maximum Gasteiger partial charge on any atom is 0.274 e. The van der Waals surface area contributed by atoms with Gasteiger partial charge in [0.1, 0.15) is 17.8 Å². The highest BCUT2D eigenvalue weighted by Gasteiger charge is 2.10. The van der Waals surface area contributed by atoms with E-state index in [2.05, 4.69) is 25.9 Å². The monoisotopic (exact) mass is 395 g/mol. The molecule has 0 unspecified atom stereocenters. The van der Waals surface area contributed by atoms with Gasteiger partial charge in [0, 0.05) is 35.1 Å². The molecule has 0 saturated heterocycles. The van der Waals surface area contributed by atoms with E-state index in [0.717, 1.165) is 11.3 Å². The van der Waals surface area contributed by atoms with Crippen molar-refractivity contribution in [1.29, 1.82) is 0 Å². The van der Waals surface area contributed by atoms with Crippen molar-refractivity contribution in [3.05, 3.63) is 71.1 Å². The fraction of sp³-hybridized carbons (Fsp3) is 0.100. The number of nitrogens with one attached hydrogen (secondary N) is 3. The molecule has 0 aliphatic rings. The SMILES string of the molecule is CC(=O)Nc1cccc(NC(=O)c2cc(Nc3ccc(C)c(Cl)c3)ncn2)c1. The second kappa shape index (κ2) is 8.49. The number of aromatic nitrogens is 2. The minimum Gasteiger partial charge on any atom is -0.340 e. The van der Waals surface area contributed by atoms with E-state index in [1.54, 1.807) is 36.4 Å². The highest BCUT2D eigenvalue weighted by Crippen LogP contribution is 2.22. The van der Waals surface area contributed by atoms with Crippen molar-refractivity contribution in [2.75, 3.05) is 16.0 Å². The van der Waals surface area contributed by atoms with Crippen LogP contribution < -0.4 is 16.0 Å². The lowest BCUT2D eigenvalue weighted by molar-refractivity contribution is -0.114. The average Bonchev–Trinajstić information content (AvgIpc) is 2.65. The van der Waals surface area contributed by atoms with Crippen LogP contribution in [-0.4, -0.2) is 21.8 Å². The lowest BCUT2D eigenvalue weighted by Crippen LogP contribution is -2.14. The molecule has 0 fully saturated rings. The third-order valence-corrected chi connectivity index (χ3v) is 4.19. The molecule has 0 saturated carbocycles. The standard InChI is InChI=1S/C20H18ClN5O2/c1-12-6-7-16(9-17(12)21)25-19-10-18(22-11-23-19)20(28)26-15-5-3-4-14(8-15)24-13(2)27/h3-11H,1-2H3,(H,24,27)(H,26,28)(H,22,23,25). The van der Waals surface area contributed by atoms with E-state index in [9.17, 15) is 9.59 Å². The van der Waals surface area contributed by atoms with Crippen molar-refractivity contribution >= 4 is 46.3 Å². The maximum atomic E-state index is 12.5. The first kappa shape index (κ1) is 19.3. The Morgan fingerprint density at radius 3 is 2.39 bits per heavy atom. The molecule has 8 heteroatoms. The van der Waals surface area contributed by atoms with Gasteiger partial charge >= 0.3 is 0 Å². The van der Waals surface area contributed by atoms with Crippen LogP contribution in [-0.2, 0) is 4.79 Å². The fourth-order valence-corrected chi connectivity index (χ4v) is 2.62. The molecule has 0 aliphatic heterocycles. The Labute approximate surface area is 167 Å². The summed E-state index contributed by atoms with van der Waals surface area (Å²) in [5.74, 6) is -0.120. The van der Waals surface area contributed by atoms with Crippen LogP contribution in [0.5, 0.6) is 0 Å². The number of anilines is 4. The molecular weight excluding hydrogens is 378 g/mol.